The average Bonchev–Trinajstić information content (AvgIpc) is 2.46. The summed E-state index contributed by atoms with van der Waals surface area (Å²) in [6.45, 7) is 11.4. The van der Waals surface area contributed by atoms with Crippen molar-refractivity contribution in [2.45, 2.75) is 13.8 Å². The smallest absolute Gasteiger partial charge is 0.150 e. The first kappa shape index (κ1) is 15.6. The van der Waals surface area contributed by atoms with Crippen molar-refractivity contribution in [1.29, 1.82) is 0 Å². The van der Waals surface area contributed by atoms with E-state index in [-0.39, 0.29) is 0 Å². The summed E-state index contributed by atoms with van der Waals surface area (Å²) in [6.07, 6.45) is 8.01. The van der Waals surface area contributed by atoms with Crippen LogP contribution in [0.15, 0.2) is 71.9 Å². The van der Waals surface area contributed by atoms with Crippen molar-refractivity contribution < 1.29 is 4.79 Å². The molecule has 102 valence electrons. The summed E-state index contributed by atoms with van der Waals surface area (Å²) >= 11 is 0. The monoisotopic (exact) mass is 265 g/mol. The molecule has 0 amide bonds. The van der Waals surface area contributed by atoms with E-state index < -0.39 is 0 Å². The van der Waals surface area contributed by atoms with Crippen LogP contribution in [0.4, 0.5) is 0 Å². The third-order valence-electron chi connectivity index (χ3n) is 2.80. The van der Waals surface area contributed by atoms with Gasteiger partial charge in [0.1, 0.15) is 6.29 Å². The maximum Gasteiger partial charge on any atom is 0.150 e. The van der Waals surface area contributed by atoms with Gasteiger partial charge in [0, 0.05) is 18.0 Å². The number of rotatable bonds is 6. The number of allylic oxidation sites excluding steroid dienone is 5. The summed E-state index contributed by atoms with van der Waals surface area (Å²) in [4.78, 5) is 14.8. The summed E-state index contributed by atoms with van der Waals surface area (Å²) in [5.41, 5.74) is 4.64. The third kappa shape index (κ3) is 4.65. The van der Waals surface area contributed by atoms with Crippen molar-refractivity contribution in [3.8, 4) is 0 Å². The molecule has 0 spiro atoms. The molecule has 0 bridgehead atoms. The number of benzene rings is 1. The predicted molar refractivity (Wildman–Crippen MR) is 87.1 cm³/mol. The van der Waals surface area contributed by atoms with Gasteiger partial charge in [-0.1, -0.05) is 43.5 Å². The van der Waals surface area contributed by atoms with Crippen LogP contribution in [-0.2, 0) is 0 Å². The fourth-order valence-electron chi connectivity index (χ4n) is 1.60. The van der Waals surface area contributed by atoms with Crippen LogP contribution in [0.1, 0.15) is 29.8 Å². The molecule has 0 aliphatic carbocycles. The van der Waals surface area contributed by atoms with Crippen molar-refractivity contribution in [3.05, 3.63) is 78.0 Å². The van der Waals surface area contributed by atoms with E-state index in [0.29, 0.717) is 5.56 Å². The summed E-state index contributed by atoms with van der Waals surface area (Å²) in [5, 5.41) is 0. The third-order valence-corrected chi connectivity index (χ3v) is 2.80. The van der Waals surface area contributed by atoms with E-state index in [0.717, 1.165) is 28.6 Å². The Balaban J connectivity index is 3.07. The largest absolute Gasteiger partial charge is 0.298 e. The van der Waals surface area contributed by atoms with Crippen molar-refractivity contribution in [1.82, 2.24) is 0 Å². The maximum absolute atomic E-state index is 10.8. The molecule has 0 radical (unpaired) electrons. The average molecular weight is 265 g/mol. The molecular weight excluding hydrogens is 246 g/mol. The van der Waals surface area contributed by atoms with Gasteiger partial charge >= 0.3 is 0 Å². The van der Waals surface area contributed by atoms with Crippen LogP contribution in [0.5, 0.6) is 0 Å². The molecule has 0 unspecified atom stereocenters. The molecule has 1 rings (SSSR count). The zero-order valence-corrected chi connectivity index (χ0v) is 12.0. The number of carbonyl (C=O) groups excluding carboxylic acids is 1. The minimum atomic E-state index is 0.674. The highest BCUT2D eigenvalue weighted by atomic mass is 16.1. The fraction of sp³-hybridized carbons (Fsp3) is 0.111. The highest BCUT2D eigenvalue weighted by Gasteiger charge is 1.97. The van der Waals surface area contributed by atoms with E-state index in [1.807, 2.05) is 44.2 Å². The Morgan fingerprint density at radius 3 is 2.60 bits per heavy atom. The summed E-state index contributed by atoms with van der Waals surface area (Å²) < 4.78 is 0. The molecule has 0 atom stereocenters. The van der Waals surface area contributed by atoms with Crippen molar-refractivity contribution in [3.63, 3.8) is 0 Å². The Hall–Kier alpha value is -2.48. The number of carbonyl (C=O) groups is 1. The molecule has 0 aliphatic heterocycles. The molecule has 0 fully saturated rings. The predicted octanol–water partition coefficient (Wildman–Crippen LogP) is 4.62. The van der Waals surface area contributed by atoms with E-state index in [2.05, 4.69) is 18.2 Å². The Labute approximate surface area is 120 Å². The topological polar surface area (TPSA) is 29.4 Å². The van der Waals surface area contributed by atoms with Gasteiger partial charge in [-0.3, -0.25) is 9.79 Å². The number of hydrogen-bond donors (Lipinski definition) is 0. The molecule has 2 heteroatoms. The van der Waals surface area contributed by atoms with Crippen LogP contribution < -0.4 is 0 Å². The standard InChI is InChI=1S/C18H19NO/c1-5-19-12-18(14(2)3)10-9-15(4)17-8-6-7-16(11-17)13-20/h5-13H,1-2H2,3-4H3/b15-9+,18-10-,19-12?. The Kier molecular flexibility index (Phi) is 6.11. The first-order valence-corrected chi connectivity index (χ1v) is 6.32. The van der Waals surface area contributed by atoms with Crippen molar-refractivity contribution in [2.75, 3.05) is 0 Å². The number of nitrogens with zero attached hydrogens (tertiary/aromatic N) is 1. The zero-order valence-electron chi connectivity index (χ0n) is 12.0. The normalized spacial score (nSPS) is 12.5. The quantitative estimate of drug-likeness (QED) is 0.419. The number of hydrogen-bond acceptors (Lipinski definition) is 2. The zero-order chi connectivity index (χ0) is 15.0. The van der Waals surface area contributed by atoms with Gasteiger partial charge in [-0.25, -0.2) is 0 Å². The van der Waals surface area contributed by atoms with Crippen molar-refractivity contribution >= 4 is 18.1 Å². The lowest BCUT2D eigenvalue weighted by Crippen LogP contribution is -1.86. The first-order chi connectivity index (χ1) is 9.58. The van der Waals surface area contributed by atoms with Gasteiger partial charge in [0.2, 0.25) is 0 Å². The lowest BCUT2D eigenvalue weighted by atomic mass is 10.0. The molecule has 0 aromatic heterocycles. The van der Waals surface area contributed by atoms with Crippen LogP contribution in [0.2, 0.25) is 0 Å². The van der Waals surface area contributed by atoms with Crippen LogP contribution in [0.3, 0.4) is 0 Å². The minimum absolute atomic E-state index is 0.674. The summed E-state index contributed by atoms with van der Waals surface area (Å²) in [6, 6.07) is 7.50. The molecule has 0 saturated heterocycles. The number of aldehydes is 1. The molecule has 1 aromatic carbocycles. The van der Waals surface area contributed by atoms with E-state index in [4.69, 9.17) is 0 Å². The highest BCUT2D eigenvalue weighted by molar-refractivity contribution is 5.85. The second kappa shape index (κ2) is 7.85. The molecule has 0 aliphatic rings. The summed E-state index contributed by atoms with van der Waals surface area (Å²) in [5.74, 6) is 0. The first-order valence-electron chi connectivity index (χ1n) is 6.32. The Bertz CT molecular complexity index is 604. The second-order valence-corrected chi connectivity index (χ2v) is 4.46. The lowest BCUT2D eigenvalue weighted by Gasteiger charge is -2.02. The maximum atomic E-state index is 10.8. The lowest BCUT2D eigenvalue weighted by molar-refractivity contribution is 0.112. The Morgan fingerprint density at radius 1 is 1.25 bits per heavy atom. The van der Waals surface area contributed by atoms with Gasteiger partial charge < -0.3 is 0 Å². The highest BCUT2D eigenvalue weighted by Crippen LogP contribution is 2.16. The van der Waals surface area contributed by atoms with Gasteiger partial charge in [0.25, 0.3) is 0 Å². The minimum Gasteiger partial charge on any atom is -0.298 e. The van der Waals surface area contributed by atoms with Gasteiger partial charge in [-0.05, 0) is 42.2 Å². The second-order valence-electron chi connectivity index (χ2n) is 4.46. The summed E-state index contributed by atoms with van der Waals surface area (Å²) in [7, 11) is 0. The number of aliphatic imine (C=N–C) groups is 1. The van der Waals surface area contributed by atoms with Crippen LogP contribution in [0, 0.1) is 0 Å². The van der Waals surface area contributed by atoms with Gasteiger partial charge in [0.15, 0.2) is 0 Å². The SMILES string of the molecule is C=CN=C/C(=C/C=C(\C)c1cccc(C=O)c1)C(=C)C. The van der Waals surface area contributed by atoms with E-state index in [1.165, 1.54) is 6.20 Å². The van der Waals surface area contributed by atoms with E-state index in [1.54, 1.807) is 12.3 Å². The molecule has 1 aromatic rings. The van der Waals surface area contributed by atoms with Crippen LogP contribution >= 0.6 is 0 Å². The van der Waals surface area contributed by atoms with Gasteiger partial charge in [-0.2, -0.15) is 0 Å². The molecule has 20 heavy (non-hydrogen) atoms. The molecule has 0 saturated carbocycles. The van der Waals surface area contributed by atoms with Crippen LogP contribution in [0.25, 0.3) is 5.57 Å². The van der Waals surface area contributed by atoms with Gasteiger partial charge in [-0.15, -0.1) is 0 Å². The van der Waals surface area contributed by atoms with E-state index >= 15 is 0 Å². The Morgan fingerprint density at radius 2 is 2.00 bits per heavy atom. The van der Waals surface area contributed by atoms with Crippen LogP contribution in [-0.4, -0.2) is 12.5 Å². The van der Waals surface area contributed by atoms with Crippen molar-refractivity contribution in [2.24, 2.45) is 4.99 Å². The van der Waals surface area contributed by atoms with E-state index in [9.17, 15) is 4.79 Å². The molecule has 2 nitrogen and oxygen atoms in total. The molecule has 0 N–H and O–H groups in total. The van der Waals surface area contributed by atoms with Gasteiger partial charge in [0.05, 0.1) is 0 Å². The fourth-order valence-corrected chi connectivity index (χ4v) is 1.60. The molecular formula is C18H19NO. The molecule has 0 heterocycles.